The van der Waals surface area contributed by atoms with E-state index in [1.54, 1.807) is 7.05 Å². The van der Waals surface area contributed by atoms with Gasteiger partial charge in [0.15, 0.2) is 9.84 Å². The highest BCUT2D eigenvalue weighted by atomic mass is 32.2. The third-order valence-electron chi connectivity index (χ3n) is 4.30. The molecule has 0 aromatic carbocycles. The number of hydrogen-bond acceptors (Lipinski definition) is 4. The third-order valence-corrected chi connectivity index (χ3v) is 6.46. The van der Waals surface area contributed by atoms with E-state index in [2.05, 4.69) is 0 Å². The van der Waals surface area contributed by atoms with E-state index < -0.39 is 20.7 Å². The Hall–Kier alpha value is -0.620. The van der Waals surface area contributed by atoms with E-state index in [4.69, 9.17) is 0 Å². The molecule has 0 radical (unpaired) electrons. The smallest absolute Gasteiger partial charge is 0.240 e. The number of likely N-dealkylation sites (N-methyl/N-ethyl adjacent to an activating group) is 1. The van der Waals surface area contributed by atoms with Gasteiger partial charge in [-0.25, -0.2) is 8.42 Å². The predicted octanol–water partition coefficient (Wildman–Crippen LogP) is 0.717. The monoisotopic (exact) mass is 289 g/mol. The van der Waals surface area contributed by atoms with Crippen LogP contribution in [0.3, 0.4) is 0 Å². The summed E-state index contributed by atoms with van der Waals surface area (Å²) in [6, 6.07) is 0. The lowest BCUT2D eigenvalue weighted by Gasteiger charge is -2.32. The molecule has 1 aliphatic carbocycles. The second-order valence-corrected chi connectivity index (χ2v) is 8.28. The van der Waals surface area contributed by atoms with E-state index in [1.165, 1.54) is 4.90 Å². The van der Waals surface area contributed by atoms with Crippen LogP contribution in [0.1, 0.15) is 44.9 Å². The average Bonchev–Trinajstić information content (AvgIpc) is 2.74. The Morgan fingerprint density at radius 1 is 1.26 bits per heavy atom. The van der Waals surface area contributed by atoms with Crippen LogP contribution in [0.5, 0.6) is 0 Å². The highest BCUT2D eigenvalue weighted by molar-refractivity contribution is 7.92. The van der Waals surface area contributed by atoms with Crippen LogP contribution >= 0.6 is 0 Å². The SMILES string of the molecule is CN(CC1(O)CCCC1)C(=O)C1CCCCS1(=O)=O. The van der Waals surface area contributed by atoms with Gasteiger partial charge in [0.2, 0.25) is 5.91 Å². The Bertz CT molecular complexity index is 440. The zero-order valence-corrected chi connectivity index (χ0v) is 12.3. The van der Waals surface area contributed by atoms with Crippen LogP contribution in [-0.2, 0) is 14.6 Å². The van der Waals surface area contributed by atoms with Gasteiger partial charge in [-0.05, 0) is 25.7 Å². The van der Waals surface area contributed by atoms with Gasteiger partial charge < -0.3 is 10.0 Å². The Balaban J connectivity index is 2.02. The van der Waals surface area contributed by atoms with Gasteiger partial charge in [-0.2, -0.15) is 0 Å². The van der Waals surface area contributed by atoms with Crippen molar-refractivity contribution in [1.82, 2.24) is 4.90 Å². The minimum absolute atomic E-state index is 0.113. The fraction of sp³-hybridized carbons (Fsp3) is 0.923. The topological polar surface area (TPSA) is 74.7 Å². The standard InChI is InChI=1S/C13H23NO4S/c1-14(10-13(16)7-3-4-8-13)12(15)11-6-2-5-9-19(11,17)18/h11,16H,2-10H2,1H3. The summed E-state index contributed by atoms with van der Waals surface area (Å²) < 4.78 is 23.9. The van der Waals surface area contributed by atoms with Crippen LogP contribution in [0.15, 0.2) is 0 Å². The molecule has 1 atom stereocenters. The largest absolute Gasteiger partial charge is 0.388 e. The number of aliphatic hydroxyl groups is 1. The third kappa shape index (κ3) is 3.28. The van der Waals surface area contributed by atoms with E-state index >= 15 is 0 Å². The first-order valence-electron chi connectivity index (χ1n) is 7.03. The second kappa shape index (κ2) is 5.40. The highest BCUT2D eigenvalue weighted by Crippen LogP contribution is 2.30. The summed E-state index contributed by atoms with van der Waals surface area (Å²) >= 11 is 0. The van der Waals surface area contributed by atoms with Gasteiger partial charge in [0, 0.05) is 13.6 Å². The number of amides is 1. The summed E-state index contributed by atoms with van der Waals surface area (Å²) in [6.45, 7) is 0.248. The minimum atomic E-state index is -3.29. The number of carbonyl (C=O) groups is 1. The quantitative estimate of drug-likeness (QED) is 0.830. The van der Waals surface area contributed by atoms with Gasteiger partial charge in [-0.15, -0.1) is 0 Å². The Labute approximate surface area is 114 Å². The van der Waals surface area contributed by atoms with Crippen LogP contribution in [0.4, 0.5) is 0 Å². The summed E-state index contributed by atoms with van der Waals surface area (Å²) in [5.41, 5.74) is -0.817. The molecular weight excluding hydrogens is 266 g/mol. The number of rotatable bonds is 3. The van der Waals surface area contributed by atoms with Gasteiger partial charge in [-0.1, -0.05) is 19.3 Å². The fourth-order valence-corrected chi connectivity index (χ4v) is 5.09. The van der Waals surface area contributed by atoms with Crippen molar-refractivity contribution in [1.29, 1.82) is 0 Å². The first-order valence-corrected chi connectivity index (χ1v) is 8.75. The Kier molecular flexibility index (Phi) is 4.20. The number of nitrogens with zero attached hydrogens (tertiary/aromatic N) is 1. The van der Waals surface area contributed by atoms with E-state index in [1.807, 2.05) is 0 Å². The van der Waals surface area contributed by atoms with Crippen molar-refractivity contribution in [2.24, 2.45) is 0 Å². The first-order chi connectivity index (χ1) is 8.84. The molecule has 1 unspecified atom stereocenters. The molecule has 1 amide bonds. The molecule has 0 aromatic heterocycles. The van der Waals surface area contributed by atoms with E-state index in [9.17, 15) is 18.3 Å². The van der Waals surface area contributed by atoms with Crippen molar-refractivity contribution in [3.05, 3.63) is 0 Å². The van der Waals surface area contributed by atoms with Gasteiger partial charge in [-0.3, -0.25) is 4.79 Å². The Morgan fingerprint density at radius 2 is 1.89 bits per heavy atom. The average molecular weight is 289 g/mol. The maximum atomic E-state index is 12.3. The summed E-state index contributed by atoms with van der Waals surface area (Å²) in [7, 11) is -1.69. The Morgan fingerprint density at radius 3 is 2.47 bits per heavy atom. The van der Waals surface area contributed by atoms with Gasteiger partial charge in [0.25, 0.3) is 0 Å². The van der Waals surface area contributed by atoms with Gasteiger partial charge in [0.05, 0.1) is 11.4 Å². The molecule has 19 heavy (non-hydrogen) atoms. The second-order valence-electron chi connectivity index (χ2n) is 5.98. The van der Waals surface area contributed by atoms with E-state index in [0.717, 1.165) is 19.3 Å². The molecule has 0 bridgehead atoms. The van der Waals surface area contributed by atoms with Crippen molar-refractivity contribution < 1.29 is 18.3 Å². The molecular formula is C13H23NO4S. The molecule has 5 nitrogen and oxygen atoms in total. The molecule has 0 aromatic rings. The van der Waals surface area contributed by atoms with Crippen molar-refractivity contribution in [2.45, 2.75) is 55.8 Å². The molecule has 2 fully saturated rings. The maximum absolute atomic E-state index is 12.3. The normalized spacial score (nSPS) is 29.1. The molecule has 110 valence electrons. The molecule has 1 saturated heterocycles. The van der Waals surface area contributed by atoms with Crippen LogP contribution in [-0.4, -0.2) is 54.5 Å². The van der Waals surface area contributed by atoms with Crippen LogP contribution in [0.2, 0.25) is 0 Å². The van der Waals surface area contributed by atoms with Gasteiger partial charge >= 0.3 is 0 Å². The summed E-state index contributed by atoms with van der Waals surface area (Å²) in [5, 5.41) is 9.40. The lowest BCUT2D eigenvalue weighted by atomic mass is 10.0. The number of sulfone groups is 1. The lowest BCUT2D eigenvalue weighted by Crippen LogP contribution is -2.48. The maximum Gasteiger partial charge on any atom is 0.240 e. The number of carbonyl (C=O) groups excluding carboxylic acids is 1. The molecule has 1 heterocycles. The van der Waals surface area contributed by atoms with Crippen LogP contribution in [0.25, 0.3) is 0 Å². The van der Waals surface area contributed by atoms with Crippen molar-refractivity contribution in [3.63, 3.8) is 0 Å². The van der Waals surface area contributed by atoms with E-state index in [0.29, 0.717) is 25.7 Å². The minimum Gasteiger partial charge on any atom is -0.388 e. The van der Waals surface area contributed by atoms with Crippen molar-refractivity contribution in [2.75, 3.05) is 19.3 Å². The molecule has 1 saturated carbocycles. The lowest BCUT2D eigenvalue weighted by molar-refractivity contribution is -0.132. The van der Waals surface area contributed by atoms with Crippen LogP contribution < -0.4 is 0 Å². The van der Waals surface area contributed by atoms with Gasteiger partial charge in [0.1, 0.15) is 5.25 Å². The number of hydrogen-bond donors (Lipinski definition) is 1. The summed E-state index contributed by atoms with van der Waals surface area (Å²) in [4.78, 5) is 13.7. The first kappa shape index (κ1) is 14.8. The predicted molar refractivity (Wildman–Crippen MR) is 72.5 cm³/mol. The fourth-order valence-electron chi connectivity index (χ4n) is 3.19. The van der Waals surface area contributed by atoms with Crippen LogP contribution in [0, 0.1) is 0 Å². The highest BCUT2D eigenvalue weighted by Gasteiger charge is 2.39. The molecule has 1 N–H and O–H groups in total. The molecule has 2 aliphatic rings. The zero-order chi connectivity index (χ0) is 14.1. The van der Waals surface area contributed by atoms with Crippen molar-refractivity contribution in [3.8, 4) is 0 Å². The molecule has 0 spiro atoms. The van der Waals surface area contributed by atoms with Crippen molar-refractivity contribution >= 4 is 15.7 Å². The van der Waals surface area contributed by atoms with E-state index in [-0.39, 0.29) is 18.2 Å². The summed E-state index contributed by atoms with van der Waals surface area (Å²) in [6.07, 6.45) is 5.20. The molecule has 2 rings (SSSR count). The molecule has 1 aliphatic heterocycles. The zero-order valence-electron chi connectivity index (χ0n) is 11.5. The summed E-state index contributed by atoms with van der Waals surface area (Å²) in [5.74, 6) is -0.235. The molecule has 6 heteroatoms.